The molecule has 5 aromatic rings. The van der Waals surface area contributed by atoms with E-state index in [1.165, 1.54) is 21.0 Å². The highest BCUT2D eigenvalue weighted by Crippen LogP contribution is 2.28. The number of halogens is 2. The van der Waals surface area contributed by atoms with E-state index >= 15 is 0 Å². The summed E-state index contributed by atoms with van der Waals surface area (Å²) in [5, 5.41) is 14.7. The van der Waals surface area contributed by atoms with Gasteiger partial charge in [0.2, 0.25) is 11.8 Å². The zero-order valence-corrected chi connectivity index (χ0v) is 28.7. The molecule has 1 fully saturated rings. The third-order valence-electron chi connectivity index (χ3n) is 8.05. The van der Waals surface area contributed by atoms with Crippen molar-refractivity contribution >= 4 is 61.8 Å². The summed E-state index contributed by atoms with van der Waals surface area (Å²) in [7, 11) is 1.58. The maximum atomic E-state index is 14.6. The van der Waals surface area contributed by atoms with Gasteiger partial charge in [-0.15, -0.1) is 0 Å². The summed E-state index contributed by atoms with van der Waals surface area (Å²) >= 11 is 3.25. The number of ether oxygens (including phenoxy) is 2. The summed E-state index contributed by atoms with van der Waals surface area (Å²) in [6, 6.07) is 10.8. The number of carbonyl (C=O) groups is 4. The molecule has 1 aromatic carbocycles. The van der Waals surface area contributed by atoms with Gasteiger partial charge >= 0.3 is 0 Å². The van der Waals surface area contributed by atoms with Gasteiger partial charge in [0, 0.05) is 56.4 Å². The summed E-state index contributed by atoms with van der Waals surface area (Å²) in [5.74, 6) is -1.50. The van der Waals surface area contributed by atoms with E-state index < -0.39 is 24.0 Å². The Morgan fingerprint density at radius 3 is 2.68 bits per heavy atom. The number of alkyl halides is 1. The highest BCUT2D eigenvalue weighted by Gasteiger charge is 2.40. The zero-order chi connectivity index (χ0) is 35.4. The number of carbonyl (C=O) groups excluding carboxylic acids is 4. The van der Waals surface area contributed by atoms with Crippen LogP contribution in [0.3, 0.4) is 0 Å². The molecule has 1 aliphatic heterocycles. The van der Waals surface area contributed by atoms with Crippen molar-refractivity contribution in [2.45, 2.75) is 32.1 Å². The van der Waals surface area contributed by atoms with Crippen molar-refractivity contribution in [3.8, 4) is 11.1 Å². The molecule has 6 rings (SSSR count). The lowest BCUT2D eigenvalue weighted by molar-refractivity contribution is -0.137. The van der Waals surface area contributed by atoms with Crippen LogP contribution in [0.1, 0.15) is 34.3 Å². The minimum absolute atomic E-state index is 0.146. The molecule has 17 heteroatoms. The number of benzene rings is 1. The van der Waals surface area contributed by atoms with Crippen LogP contribution in [0.5, 0.6) is 0 Å². The van der Waals surface area contributed by atoms with Crippen LogP contribution in [0.25, 0.3) is 27.7 Å². The van der Waals surface area contributed by atoms with Crippen molar-refractivity contribution in [1.29, 1.82) is 0 Å². The SMILES string of the molecule is COCCOCCNC(=O)c1cc2ncc(-c3ccc4c(c3)c(C(C)=O)nn4CC(=O)N3C[C@H](F)C[C@H]3C(=O)Nc3cccc(Br)n3)cn2n1. The van der Waals surface area contributed by atoms with Gasteiger partial charge in [-0.25, -0.2) is 18.9 Å². The Hall–Kier alpha value is -5.13. The minimum Gasteiger partial charge on any atom is -0.382 e. The average molecular weight is 751 g/mol. The van der Waals surface area contributed by atoms with Crippen LogP contribution < -0.4 is 10.6 Å². The first-order valence-electron chi connectivity index (χ1n) is 15.7. The van der Waals surface area contributed by atoms with Crippen LogP contribution in [0.2, 0.25) is 0 Å². The molecule has 5 heterocycles. The van der Waals surface area contributed by atoms with Crippen LogP contribution in [0.15, 0.2) is 59.5 Å². The molecule has 4 aromatic heterocycles. The third kappa shape index (κ3) is 7.69. The Kier molecular flexibility index (Phi) is 10.5. The number of Topliss-reactive ketones (excluding diaryl/α,β-unsaturated/α-hetero) is 1. The van der Waals surface area contributed by atoms with Crippen LogP contribution in [-0.2, 0) is 25.6 Å². The van der Waals surface area contributed by atoms with Crippen molar-refractivity contribution in [3.63, 3.8) is 0 Å². The van der Waals surface area contributed by atoms with E-state index in [0.29, 0.717) is 58.6 Å². The number of pyridine rings is 1. The Balaban J connectivity index is 1.19. The Morgan fingerprint density at radius 1 is 1.06 bits per heavy atom. The normalized spacial score (nSPS) is 15.9. The Labute approximate surface area is 293 Å². The summed E-state index contributed by atoms with van der Waals surface area (Å²) in [5.41, 5.74) is 2.64. The number of nitrogens with one attached hydrogen (secondary N) is 2. The van der Waals surface area contributed by atoms with Gasteiger partial charge in [0.15, 0.2) is 17.1 Å². The first-order valence-corrected chi connectivity index (χ1v) is 16.5. The van der Waals surface area contributed by atoms with Crippen LogP contribution in [0.4, 0.5) is 10.2 Å². The molecule has 0 radical (unpaired) electrons. The third-order valence-corrected chi connectivity index (χ3v) is 8.49. The van der Waals surface area contributed by atoms with E-state index in [0.717, 1.165) is 0 Å². The van der Waals surface area contributed by atoms with Crippen molar-refractivity contribution in [2.75, 3.05) is 45.3 Å². The summed E-state index contributed by atoms with van der Waals surface area (Å²) in [4.78, 5) is 61.7. The molecule has 260 valence electrons. The minimum atomic E-state index is -1.38. The predicted octanol–water partition coefficient (Wildman–Crippen LogP) is 3.08. The fraction of sp³-hybridized carbons (Fsp3) is 0.333. The number of amides is 3. The number of nitrogens with zero attached hydrogens (tertiary/aromatic N) is 7. The van der Waals surface area contributed by atoms with Crippen molar-refractivity contribution in [2.24, 2.45) is 0 Å². The van der Waals surface area contributed by atoms with E-state index in [1.807, 2.05) is 0 Å². The number of likely N-dealkylation sites (tertiary alicyclic amines) is 1. The number of ketones is 1. The molecule has 0 spiro atoms. The van der Waals surface area contributed by atoms with E-state index in [-0.39, 0.29) is 48.4 Å². The molecule has 0 aliphatic carbocycles. The highest BCUT2D eigenvalue weighted by molar-refractivity contribution is 9.10. The predicted molar refractivity (Wildman–Crippen MR) is 182 cm³/mol. The summed E-state index contributed by atoms with van der Waals surface area (Å²) in [6.07, 6.45) is 1.80. The van der Waals surface area contributed by atoms with Crippen molar-refractivity contribution in [3.05, 3.63) is 70.8 Å². The molecule has 0 saturated carbocycles. The molecule has 15 nitrogen and oxygen atoms in total. The van der Waals surface area contributed by atoms with Crippen LogP contribution >= 0.6 is 15.9 Å². The van der Waals surface area contributed by atoms with Crippen LogP contribution in [-0.4, -0.2) is 110 Å². The fourth-order valence-corrected chi connectivity index (χ4v) is 6.01. The average Bonchev–Trinajstić information content (AvgIpc) is 3.81. The zero-order valence-electron chi connectivity index (χ0n) is 27.1. The van der Waals surface area contributed by atoms with Gasteiger partial charge in [0.1, 0.15) is 34.9 Å². The smallest absolute Gasteiger partial charge is 0.271 e. The quantitative estimate of drug-likeness (QED) is 0.103. The monoisotopic (exact) mass is 749 g/mol. The number of anilines is 1. The lowest BCUT2D eigenvalue weighted by Crippen LogP contribution is -2.44. The fourth-order valence-electron chi connectivity index (χ4n) is 5.66. The van der Waals surface area contributed by atoms with Gasteiger partial charge in [-0.2, -0.15) is 10.2 Å². The van der Waals surface area contributed by atoms with Crippen molar-refractivity contribution < 1.29 is 33.0 Å². The first-order chi connectivity index (χ1) is 24.1. The molecule has 2 atom stereocenters. The molecule has 1 aliphatic rings. The summed E-state index contributed by atoms with van der Waals surface area (Å²) in [6.45, 7) is 2.34. The van der Waals surface area contributed by atoms with E-state index in [2.05, 4.69) is 46.7 Å². The van der Waals surface area contributed by atoms with Crippen molar-refractivity contribution in [1.82, 2.24) is 39.6 Å². The van der Waals surface area contributed by atoms with E-state index in [1.54, 1.807) is 62.0 Å². The maximum absolute atomic E-state index is 14.6. The number of hydrogen-bond acceptors (Lipinski definition) is 10. The highest BCUT2D eigenvalue weighted by atomic mass is 79.9. The number of fused-ring (bicyclic) bond motifs is 2. The van der Waals surface area contributed by atoms with Gasteiger partial charge in [-0.05, 0) is 45.8 Å². The number of methoxy groups -OCH3 is 1. The Bertz CT molecular complexity index is 2090. The van der Waals surface area contributed by atoms with Gasteiger partial charge in [0.25, 0.3) is 5.91 Å². The maximum Gasteiger partial charge on any atom is 0.271 e. The lowest BCUT2D eigenvalue weighted by Gasteiger charge is -2.23. The number of rotatable bonds is 13. The largest absolute Gasteiger partial charge is 0.382 e. The molecule has 50 heavy (non-hydrogen) atoms. The van der Waals surface area contributed by atoms with Crippen LogP contribution in [0, 0.1) is 0 Å². The molecule has 0 bridgehead atoms. The molecule has 2 N–H and O–H groups in total. The molecular formula is C33H33BrFN9O6. The summed E-state index contributed by atoms with van der Waals surface area (Å²) < 4.78 is 28.3. The molecular weight excluding hydrogens is 717 g/mol. The lowest BCUT2D eigenvalue weighted by atomic mass is 10.0. The van der Waals surface area contributed by atoms with Gasteiger partial charge in [-0.3, -0.25) is 23.9 Å². The number of aromatic nitrogens is 6. The standard InChI is InChI=1S/C33H33BrFN9O6/c1-19(45)31-23-12-20(21-15-37-29-14-24(40-44(29)16-21)32(47)36-8-9-50-11-10-49-2)6-7-25(23)43(41-31)18-30(46)42-17-22(35)13-26(42)33(48)39-28-5-3-4-27(34)38-28/h3-7,12,14-16,22,26H,8-11,13,17-18H2,1-2H3,(H,36,47)(H,38,39,48)/t22-,26+/m1/s1. The molecule has 3 amide bonds. The van der Waals surface area contributed by atoms with E-state index in [9.17, 15) is 23.6 Å². The number of hydrogen-bond donors (Lipinski definition) is 2. The van der Waals surface area contributed by atoms with E-state index in [4.69, 9.17) is 9.47 Å². The van der Waals surface area contributed by atoms with Gasteiger partial charge in [0.05, 0.1) is 31.9 Å². The molecule has 1 saturated heterocycles. The van der Waals surface area contributed by atoms with Gasteiger partial charge < -0.3 is 25.0 Å². The molecule has 0 unspecified atom stereocenters. The Morgan fingerprint density at radius 2 is 1.90 bits per heavy atom. The second-order valence-electron chi connectivity index (χ2n) is 11.6. The second kappa shape index (κ2) is 15.2. The second-order valence-corrected chi connectivity index (χ2v) is 12.4. The van der Waals surface area contributed by atoms with Gasteiger partial charge in [-0.1, -0.05) is 12.1 Å². The topological polar surface area (TPSA) is 175 Å². The first kappa shape index (κ1) is 34.7.